The number of thiophene rings is 1. The normalized spacial score (nSPS) is 11.0. The predicted molar refractivity (Wildman–Crippen MR) is 58.6 cm³/mol. The van der Waals surface area contributed by atoms with Crippen LogP contribution in [-0.2, 0) is 0 Å². The average Bonchev–Trinajstić information content (AvgIpc) is 2.53. The monoisotopic (exact) mass is 232 g/mol. The number of halogens is 2. The molecule has 0 saturated carbocycles. The summed E-state index contributed by atoms with van der Waals surface area (Å²) in [6, 6.07) is 3.28. The Kier molecular flexibility index (Phi) is 2.49. The van der Waals surface area contributed by atoms with Crippen LogP contribution in [0.2, 0.25) is 5.02 Å². The number of hydrogen-bond donors (Lipinski definition) is 0. The van der Waals surface area contributed by atoms with Crippen LogP contribution in [-0.4, -0.2) is 6.26 Å². The molecule has 1 heterocycles. The molecule has 13 heavy (non-hydrogen) atoms. The van der Waals surface area contributed by atoms with Gasteiger partial charge in [-0.3, -0.25) is 0 Å². The largest absolute Gasteiger partial charge is 0.206 e. The summed E-state index contributed by atoms with van der Waals surface area (Å²) in [7, 11) is 0. The number of fused-ring (bicyclic) bond motifs is 1. The second-order valence-corrected chi connectivity index (χ2v) is 4.68. The van der Waals surface area contributed by atoms with E-state index in [9.17, 15) is 4.39 Å². The van der Waals surface area contributed by atoms with E-state index in [-0.39, 0.29) is 5.82 Å². The van der Waals surface area contributed by atoms with Gasteiger partial charge in [-0.1, -0.05) is 11.6 Å². The van der Waals surface area contributed by atoms with Gasteiger partial charge in [0.2, 0.25) is 0 Å². The average molecular weight is 233 g/mol. The highest BCUT2D eigenvalue weighted by atomic mass is 35.5. The third-order valence-electron chi connectivity index (χ3n) is 1.80. The molecular formula is C9H6ClFS2. The Labute approximate surface area is 88.7 Å². The van der Waals surface area contributed by atoms with Crippen molar-refractivity contribution < 1.29 is 4.39 Å². The van der Waals surface area contributed by atoms with E-state index in [4.69, 9.17) is 11.6 Å². The van der Waals surface area contributed by atoms with Gasteiger partial charge in [0.05, 0.1) is 14.6 Å². The molecule has 2 rings (SSSR count). The predicted octanol–water partition coefficient (Wildman–Crippen LogP) is 4.42. The van der Waals surface area contributed by atoms with Gasteiger partial charge in [-0.25, -0.2) is 4.39 Å². The van der Waals surface area contributed by atoms with E-state index >= 15 is 0 Å². The molecule has 0 saturated heterocycles. The fourth-order valence-electron chi connectivity index (χ4n) is 1.25. The van der Waals surface area contributed by atoms with Crippen LogP contribution in [0.5, 0.6) is 0 Å². The van der Waals surface area contributed by atoms with Gasteiger partial charge in [0, 0.05) is 5.39 Å². The molecule has 4 heteroatoms. The first-order valence-corrected chi connectivity index (χ1v) is 6.11. The summed E-state index contributed by atoms with van der Waals surface area (Å²) in [5, 5.41) is 3.35. The molecule has 0 aliphatic rings. The summed E-state index contributed by atoms with van der Waals surface area (Å²) >= 11 is 8.85. The zero-order valence-corrected chi connectivity index (χ0v) is 9.19. The molecule has 0 radical (unpaired) electrons. The Morgan fingerprint density at radius 2 is 2.31 bits per heavy atom. The Morgan fingerprint density at radius 1 is 1.54 bits per heavy atom. The van der Waals surface area contributed by atoms with Gasteiger partial charge < -0.3 is 0 Å². The van der Waals surface area contributed by atoms with Crippen molar-refractivity contribution in [2.45, 2.75) is 4.90 Å². The van der Waals surface area contributed by atoms with E-state index in [2.05, 4.69) is 0 Å². The van der Waals surface area contributed by atoms with E-state index in [1.54, 1.807) is 11.3 Å². The lowest BCUT2D eigenvalue weighted by atomic mass is 10.2. The lowest BCUT2D eigenvalue weighted by Crippen LogP contribution is -1.81. The summed E-state index contributed by atoms with van der Waals surface area (Å²) in [6.45, 7) is 0. The first kappa shape index (κ1) is 9.31. The third kappa shape index (κ3) is 1.45. The Hall–Kier alpha value is -0.250. The van der Waals surface area contributed by atoms with Crippen LogP contribution in [0.3, 0.4) is 0 Å². The SMILES string of the molecule is CSc1c(F)cc(Cl)c2sccc12. The number of thioether (sulfide) groups is 1. The van der Waals surface area contributed by atoms with Crippen LogP contribution in [0.25, 0.3) is 10.1 Å². The summed E-state index contributed by atoms with van der Waals surface area (Å²) in [4.78, 5) is 0.681. The van der Waals surface area contributed by atoms with E-state index in [1.165, 1.54) is 17.8 Å². The topological polar surface area (TPSA) is 0 Å². The first-order chi connectivity index (χ1) is 6.24. The zero-order chi connectivity index (χ0) is 9.42. The molecule has 0 N–H and O–H groups in total. The standard InChI is InChI=1S/C9H6ClFS2/c1-12-9-5-2-3-13-8(5)6(10)4-7(9)11/h2-4H,1H3. The van der Waals surface area contributed by atoms with Crippen molar-refractivity contribution in [3.05, 3.63) is 28.4 Å². The number of rotatable bonds is 1. The highest BCUT2D eigenvalue weighted by Crippen LogP contribution is 2.37. The molecule has 2 aromatic rings. The maximum absolute atomic E-state index is 13.4. The lowest BCUT2D eigenvalue weighted by Gasteiger charge is -2.02. The second kappa shape index (κ2) is 3.48. The molecule has 1 aromatic carbocycles. The Morgan fingerprint density at radius 3 is 3.00 bits per heavy atom. The molecule has 1 aromatic heterocycles. The van der Waals surface area contributed by atoms with Crippen molar-refractivity contribution in [3.8, 4) is 0 Å². The van der Waals surface area contributed by atoms with Gasteiger partial charge in [-0.15, -0.1) is 23.1 Å². The summed E-state index contributed by atoms with van der Waals surface area (Å²) in [6.07, 6.45) is 1.86. The maximum Gasteiger partial charge on any atom is 0.138 e. The van der Waals surface area contributed by atoms with Gasteiger partial charge in [0.25, 0.3) is 0 Å². The minimum Gasteiger partial charge on any atom is -0.206 e. The second-order valence-electron chi connectivity index (χ2n) is 2.54. The highest BCUT2D eigenvalue weighted by molar-refractivity contribution is 7.98. The van der Waals surface area contributed by atoms with Crippen LogP contribution < -0.4 is 0 Å². The van der Waals surface area contributed by atoms with Crippen molar-refractivity contribution in [2.75, 3.05) is 6.26 Å². The van der Waals surface area contributed by atoms with Crippen LogP contribution >= 0.6 is 34.7 Å². The quantitative estimate of drug-likeness (QED) is 0.656. The van der Waals surface area contributed by atoms with Crippen LogP contribution in [0, 0.1) is 5.82 Å². The number of hydrogen-bond acceptors (Lipinski definition) is 2. The van der Waals surface area contributed by atoms with E-state index in [0.29, 0.717) is 9.92 Å². The molecule has 0 aliphatic heterocycles. The van der Waals surface area contributed by atoms with E-state index in [0.717, 1.165) is 10.1 Å². The molecule has 0 unspecified atom stereocenters. The van der Waals surface area contributed by atoms with Gasteiger partial charge >= 0.3 is 0 Å². The van der Waals surface area contributed by atoms with Crippen molar-refractivity contribution in [1.29, 1.82) is 0 Å². The molecule has 0 atom stereocenters. The fourth-order valence-corrected chi connectivity index (χ4v) is 3.10. The molecule has 0 spiro atoms. The van der Waals surface area contributed by atoms with Gasteiger partial charge in [0.1, 0.15) is 5.82 Å². The zero-order valence-electron chi connectivity index (χ0n) is 6.80. The fraction of sp³-hybridized carbons (Fsp3) is 0.111. The van der Waals surface area contributed by atoms with Crippen molar-refractivity contribution >= 4 is 44.8 Å². The molecule has 0 nitrogen and oxygen atoms in total. The smallest absolute Gasteiger partial charge is 0.138 e. The van der Waals surface area contributed by atoms with Crippen LogP contribution in [0.15, 0.2) is 22.4 Å². The molecule has 0 fully saturated rings. The maximum atomic E-state index is 13.4. The minimum atomic E-state index is -0.233. The number of benzene rings is 1. The van der Waals surface area contributed by atoms with Crippen molar-refractivity contribution in [2.24, 2.45) is 0 Å². The van der Waals surface area contributed by atoms with Crippen LogP contribution in [0.4, 0.5) is 4.39 Å². The summed E-state index contributed by atoms with van der Waals surface area (Å²) in [5.41, 5.74) is 0. The molecule has 0 aliphatic carbocycles. The molecule has 68 valence electrons. The molecular weight excluding hydrogens is 227 g/mol. The van der Waals surface area contributed by atoms with E-state index in [1.807, 2.05) is 17.7 Å². The minimum absolute atomic E-state index is 0.233. The van der Waals surface area contributed by atoms with Crippen molar-refractivity contribution in [1.82, 2.24) is 0 Å². The first-order valence-electron chi connectivity index (χ1n) is 3.63. The van der Waals surface area contributed by atoms with Crippen LogP contribution in [0.1, 0.15) is 0 Å². The van der Waals surface area contributed by atoms with E-state index < -0.39 is 0 Å². The Balaban J connectivity index is 2.88. The molecule has 0 amide bonds. The highest BCUT2D eigenvalue weighted by Gasteiger charge is 2.10. The van der Waals surface area contributed by atoms with Gasteiger partial charge in [0.15, 0.2) is 0 Å². The third-order valence-corrected chi connectivity index (χ3v) is 3.98. The van der Waals surface area contributed by atoms with Gasteiger partial charge in [-0.05, 0) is 23.8 Å². The van der Waals surface area contributed by atoms with Gasteiger partial charge in [-0.2, -0.15) is 0 Å². The summed E-state index contributed by atoms with van der Waals surface area (Å²) < 4.78 is 14.3. The molecule has 0 bridgehead atoms. The van der Waals surface area contributed by atoms with Crippen molar-refractivity contribution in [3.63, 3.8) is 0 Å². The summed E-state index contributed by atoms with van der Waals surface area (Å²) in [5.74, 6) is -0.233. The Bertz CT molecular complexity index is 450. The lowest BCUT2D eigenvalue weighted by molar-refractivity contribution is 0.606.